The van der Waals surface area contributed by atoms with Gasteiger partial charge in [0.2, 0.25) is 10.0 Å². The Balaban J connectivity index is 1.83. The van der Waals surface area contributed by atoms with Crippen molar-refractivity contribution in [2.24, 2.45) is 0 Å². The van der Waals surface area contributed by atoms with Crippen molar-refractivity contribution in [1.82, 2.24) is 4.72 Å². The largest absolute Gasteiger partial charge is 0.469 e. The van der Waals surface area contributed by atoms with E-state index in [0.29, 0.717) is 12.2 Å². The lowest BCUT2D eigenvalue weighted by Gasteiger charge is -2.22. The van der Waals surface area contributed by atoms with Gasteiger partial charge in [0.25, 0.3) is 0 Å². The third-order valence-electron chi connectivity index (χ3n) is 3.31. The molecule has 0 bridgehead atoms. The van der Waals surface area contributed by atoms with E-state index in [0.717, 1.165) is 5.56 Å². The van der Waals surface area contributed by atoms with E-state index in [2.05, 4.69) is 4.72 Å². The van der Waals surface area contributed by atoms with Gasteiger partial charge in [-0.05, 0) is 31.0 Å². The normalized spacial score (nSPS) is 14.6. The van der Waals surface area contributed by atoms with Crippen LogP contribution >= 0.6 is 0 Å². The third kappa shape index (κ3) is 5.63. The minimum Gasteiger partial charge on any atom is -0.469 e. The summed E-state index contributed by atoms with van der Waals surface area (Å²) >= 11 is 0. The molecule has 0 aliphatic rings. The fourth-order valence-corrected chi connectivity index (χ4v) is 3.27. The zero-order chi connectivity index (χ0) is 16.1. The van der Waals surface area contributed by atoms with Gasteiger partial charge in [0.15, 0.2) is 0 Å². The second-order valence-electron chi connectivity index (χ2n) is 5.63. The van der Waals surface area contributed by atoms with Crippen LogP contribution in [0.15, 0.2) is 53.1 Å². The van der Waals surface area contributed by atoms with Gasteiger partial charge in [-0.15, -0.1) is 0 Å². The van der Waals surface area contributed by atoms with Crippen LogP contribution in [0.3, 0.4) is 0 Å². The first-order chi connectivity index (χ1) is 10.4. The van der Waals surface area contributed by atoms with Crippen molar-refractivity contribution in [3.05, 3.63) is 60.1 Å². The van der Waals surface area contributed by atoms with E-state index in [-0.39, 0.29) is 18.7 Å². The Kier molecular flexibility index (Phi) is 5.39. The highest BCUT2D eigenvalue weighted by molar-refractivity contribution is 7.89. The minimum atomic E-state index is -3.43. The van der Waals surface area contributed by atoms with E-state index in [4.69, 9.17) is 4.42 Å². The van der Waals surface area contributed by atoms with Crippen LogP contribution in [0.2, 0.25) is 0 Å². The predicted molar refractivity (Wildman–Crippen MR) is 85.0 cm³/mol. The lowest BCUT2D eigenvalue weighted by atomic mass is 10.0. The van der Waals surface area contributed by atoms with Crippen molar-refractivity contribution in [3.63, 3.8) is 0 Å². The first kappa shape index (κ1) is 16.7. The molecule has 0 unspecified atom stereocenters. The first-order valence-corrected chi connectivity index (χ1v) is 8.78. The molecule has 1 heterocycles. The molecule has 0 saturated heterocycles. The van der Waals surface area contributed by atoms with Crippen LogP contribution in [0.5, 0.6) is 0 Å². The monoisotopic (exact) mass is 323 g/mol. The Hall–Kier alpha value is -1.63. The standard InChI is InChI=1S/C16H21NO4S/c1-16(18,12-15-8-5-10-21-15)13-17-22(19,20)11-9-14-6-3-2-4-7-14/h2-8,10,17-18H,9,11-13H2,1H3/t16-/m0/s1. The number of rotatable bonds is 8. The smallest absolute Gasteiger partial charge is 0.212 e. The van der Waals surface area contributed by atoms with E-state index in [1.54, 1.807) is 19.1 Å². The average Bonchev–Trinajstić information content (AvgIpc) is 2.97. The van der Waals surface area contributed by atoms with Crippen LogP contribution in [0.25, 0.3) is 0 Å². The van der Waals surface area contributed by atoms with Crippen molar-refractivity contribution in [3.8, 4) is 0 Å². The molecule has 1 atom stereocenters. The molecule has 1 aromatic heterocycles. The van der Waals surface area contributed by atoms with Gasteiger partial charge in [0.1, 0.15) is 5.76 Å². The predicted octanol–water partition coefficient (Wildman–Crippen LogP) is 1.74. The summed E-state index contributed by atoms with van der Waals surface area (Å²) in [5.41, 5.74) is -0.229. The number of nitrogens with one attached hydrogen (secondary N) is 1. The van der Waals surface area contributed by atoms with Gasteiger partial charge in [-0.1, -0.05) is 30.3 Å². The molecule has 2 N–H and O–H groups in total. The molecule has 2 rings (SSSR count). The summed E-state index contributed by atoms with van der Waals surface area (Å²) in [7, 11) is -3.43. The summed E-state index contributed by atoms with van der Waals surface area (Å²) in [5, 5.41) is 10.2. The molecule has 22 heavy (non-hydrogen) atoms. The summed E-state index contributed by atoms with van der Waals surface area (Å²) < 4.78 is 31.6. The van der Waals surface area contributed by atoms with Gasteiger partial charge in [-0.25, -0.2) is 13.1 Å². The first-order valence-electron chi connectivity index (χ1n) is 7.12. The van der Waals surface area contributed by atoms with Crippen molar-refractivity contribution in [2.75, 3.05) is 12.3 Å². The number of benzene rings is 1. The Labute approximate surface area is 131 Å². The number of furan rings is 1. The van der Waals surface area contributed by atoms with Crippen LogP contribution in [0.4, 0.5) is 0 Å². The van der Waals surface area contributed by atoms with Crippen molar-refractivity contribution in [2.45, 2.75) is 25.4 Å². The topological polar surface area (TPSA) is 79.5 Å². The van der Waals surface area contributed by atoms with Gasteiger partial charge in [-0.3, -0.25) is 0 Å². The fourth-order valence-electron chi connectivity index (χ4n) is 2.09. The number of aliphatic hydroxyl groups is 1. The van der Waals surface area contributed by atoms with Gasteiger partial charge in [-0.2, -0.15) is 0 Å². The maximum Gasteiger partial charge on any atom is 0.212 e. The molecule has 0 aliphatic carbocycles. The van der Waals surface area contributed by atoms with Crippen LogP contribution in [-0.4, -0.2) is 31.4 Å². The molecule has 0 saturated carbocycles. The van der Waals surface area contributed by atoms with Crippen molar-refractivity contribution >= 4 is 10.0 Å². The third-order valence-corrected chi connectivity index (χ3v) is 4.64. The van der Waals surface area contributed by atoms with E-state index in [1.807, 2.05) is 30.3 Å². The summed E-state index contributed by atoms with van der Waals surface area (Å²) in [4.78, 5) is 0. The maximum atomic E-state index is 12.0. The summed E-state index contributed by atoms with van der Waals surface area (Å²) in [6.07, 6.45) is 2.22. The molecule has 0 spiro atoms. The fraction of sp³-hybridized carbons (Fsp3) is 0.375. The van der Waals surface area contributed by atoms with Crippen LogP contribution in [0.1, 0.15) is 18.2 Å². The van der Waals surface area contributed by atoms with Crippen LogP contribution in [0, 0.1) is 0 Å². The second kappa shape index (κ2) is 7.09. The SMILES string of the molecule is C[C@@](O)(CNS(=O)(=O)CCc1ccccc1)Cc1ccco1. The number of sulfonamides is 1. The highest BCUT2D eigenvalue weighted by Crippen LogP contribution is 2.13. The maximum absolute atomic E-state index is 12.0. The molecule has 0 aliphatic heterocycles. The number of aryl methyl sites for hydroxylation is 1. The average molecular weight is 323 g/mol. The van der Waals surface area contributed by atoms with Gasteiger partial charge >= 0.3 is 0 Å². The molecule has 0 fully saturated rings. The van der Waals surface area contributed by atoms with Crippen LogP contribution < -0.4 is 4.72 Å². The summed E-state index contributed by atoms with van der Waals surface area (Å²) in [5.74, 6) is 0.613. The highest BCUT2D eigenvalue weighted by Gasteiger charge is 2.24. The Bertz CT molecular complexity index is 663. The summed E-state index contributed by atoms with van der Waals surface area (Å²) in [6.45, 7) is 1.53. The zero-order valence-electron chi connectivity index (χ0n) is 12.5. The number of hydrogen-bond donors (Lipinski definition) is 2. The molecule has 120 valence electrons. The van der Waals surface area contributed by atoms with E-state index in [1.165, 1.54) is 6.26 Å². The molecule has 0 radical (unpaired) electrons. The lowest BCUT2D eigenvalue weighted by molar-refractivity contribution is 0.0603. The Morgan fingerprint density at radius 2 is 1.91 bits per heavy atom. The Morgan fingerprint density at radius 3 is 2.55 bits per heavy atom. The molecule has 0 amide bonds. The Morgan fingerprint density at radius 1 is 1.18 bits per heavy atom. The second-order valence-corrected chi connectivity index (χ2v) is 7.56. The van der Waals surface area contributed by atoms with Gasteiger partial charge < -0.3 is 9.52 Å². The van der Waals surface area contributed by atoms with E-state index >= 15 is 0 Å². The molecular formula is C16H21NO4S. The molecule has 1 aromatic carbocycles. The van der Waals surface area contributed by atoms with Gasteiger partial charge in [0, 0.05) is 13.0 Å². The van der Waals surface area contributed by atoms with Crippen molar-refractivity contribution < 1.29 is 17.9 Å². The minimum absolute atomic E-state index is 0.00611. The van der Waals surface area contributed by atoms with Crippen molar-refractivity contribution in [1.29, 1.82) is 0 Å². The lowest BCUT2D eigenvalue weighted by Crippen LogP contribution is -2.43. The molecule has 2 aromatic rings. The van der Waals surface area contributed by atoms with E-state index in [9.17, 15) is 13.5 Å². The van der Waals surface area contributed by atoms with Crippen LogP contribution in [-0.2, 0) is 22.9 Å². The zero-order valence-corrected chi connectivity index (χ0v) is 13.3. The van der Waals surface area contributed by atoms with Gasteiger partial charge in [0.05, 0.1) is 17.6 Å². The quantitative estimate of drug-likeness (QED) is 0.775. The van der Waals surface area contributed by atoms with E-state index < -0.39 is 15.6 Å². The summed E-state index contributed by atoms with van der Waals surface area (Å²) in [6, 6.07) is 12.9. The number of hydrogen-bond acceptors (Lipinski definition) is 4. The molecule has 6 heteroatoms. The highest BCUT2D eigenvalue weighted by atomic mass is 32.2. The molecular weight excluding hydrogens is 302 g/mol. The molecule has 5 nitrogen and oxygen atoms in total.